The average molecular weight is 237 g/mol. The number of hydrogen-bond acceptors (Lipinski definition) is 5. The van der Waals surface area contributed by atoms with Crippen molar-refractivity contribution in [2.45, 2.75) is 19.8 Å². The van der Waals surface area contributed by atoms with E-state index in [1.165, 1.54) is 6.33 Å². The molecule has 2 N–H and O–H groups in total. The second-order valence-electron chi connectivity index (χ2n) is 4.54. The average Bonchev–Trinajstić information content (AvgIpc) is 2.29. The summed E-state index contributed by atoms with van der Waals surface area (Å²) < 4.78 is 0. The van der Waals surface area contributed by atoms with Gasteiger partial charge in [0.1, 0.15) is 18.0 Å². The van der Waals surface area contributed by atoms with Crippen molar-refractivity contribution in [3.63, 3.8) is 0 Å². The van der Waals surface area contributed by atoms with Crippen LogP contribution in [0, 0.1) is 0 Å². The summed E-state index contributed by atoms with van der Waals surface area (Å²) >= 11 is 0. The smallest absolute Gasteiger partial charge is 0.137 e. The first kappa shape index (κ1) is 13.7. The molecule has 0 aliphatic carbocycles. The summed E-state index contributed by atoms with van der Waals surface area (Å²) in [5, 5.41) is 0. The standard InChI is InChI=1S/C12H23N5/c1-5-6-10-11(13)14-9-15-12(10)17(4)8-7-16(2)3/h9H,5-8H2,1-4H3,(H2,13,14,15). The Bertz CT molecular complexity index is 351. The summed E-state index contributed by atoms with van der Waals surface area (Å²) in [6, 6.07) is 0. The molecule has 0 aromatic carbocycles. The highest BCUT2D eigenvalue weighted by Crippen LogP contribution is 2.21. The summed E-state index contributed by atoms with van der Waals surface area (Å²) in [5.74, 6) is 1.56. The van der Waals surface area contributed by atoms with Crippen LogP contribution in [0.1, 0.15) is 18.9 Å². The Balaban J connectivity index is 2.84. The number of rotatable bonds is 6. The molecule has 1 heterocycles. The second-order valence-corrected chi connectivity index (χ2v) is 4.54. The lowest BCUT2D eigenvalue weighted by Crippen LogP contribution is -2.30. The molecular formula is C12H23N5. The van der Waals surface area contributed by atoms with E-state index in [4.69, 9.17) is 5.73 Å². The summed E-state index contributed by atoms with van der Waals surface area (Å²) in [7, 11) is 6.18. The van der Waals surface area contributed by atoms with Crippen LogP contribution in [0.4, 0.5) is 11.6 Å². The number of nitrogens with two attached hydrogens (primary N) is 1. The third-order valence-corrected chi connectivity index (χ3v) is 2.70. The van der Waals surface area contributed by atoms with E-state index >= 15 is 0 Å². The molecule has 1 rings (SSSR count). The number of aromatic nitrogens is 2. The van der Waals surface area contributed by atoms with Crippen LogP contribution in [0.25, 0.3) is 0 Å². The fraction of sp³-hybridized carbons (Fsp3) is 0.667. The lowest BCUT2D eigenvalue weighted by Gasteiger charge is -2.23. The van der Waals surface area contributed by atoms with E-state index in [0.717, 1.165) is 37.3 Å². The number of hydrogen-bond donors (Lipinski definition) is 1. The molecule has 0 aliphatic heterocycles. The van der Waals surface area contributed by atoms with Crippen molar-refractivity contribution in [2.75, 3.05) is 44.9 Å². The lowest BCUT2D eigenvalue weighted by atomic mass is 10.1. The van der Waals surface area contributed by atoms with E-state index < -0.39 is 0 Å². The van der Waals surface area contributed by atoms with E-state index in [1.54, 1.807) is 0 Å². The highest BCUT2D eigenvalue weighted by Gasteiger charge is 2.12. The molecule has 5 nitrogen and oxygen atoms in total. The van der Waals surface area contributed by atoms with Crippen molar-refractivity contribution in [3.05, 3.63) is 11.9 Å². The summed E-state index contributed by atoms with van der Waals surface area (Å²) in [6.45, 7) is 4.06. The molecule has 0 bridgehead atoms. The minimum Gasteiger partial charge on any atom is -0.383 e. The van der Waals surface area contributed by atoms with Gasteiger partial charge in [-0.1, -0.05) is 13.3 Å². The van der Waals surface area contributed by atoms with Gasteiger partial charge in [-0.25, -0.2) is 9.97 Å². The van der Waals surface area contributed by atoms with Gasteiger partial charge in [0.25, 0.3) is 0 Å². The molecule has 0 fully saturated rings. The van der Waals surface area contributed by atoms with E-state index in [9.17, 15) is 0 Å². The first-order valence-corrected chi connectivity index (χ1v) is 6.01. The van der Waals surface area contributed by atoms with Gasteiger partial charge in [0.2, 0.25) is 0 Å². The van der Waals surface area contributed by atoms with Crippen LogP contribution in [0.15, 0.2) is 6.33 Å². The maximum Gasteiger partial charge on any atom is 0.137 e. The minimum absolute atomic E-state index is 0.605. The molecule has 0 atom stereocenters. The van der Waals surface area contributed by atoms with E-state index in [0.29, 0.717) is 5.82 Å². The van der Waals surface area contributed by atoms with Gasteiger partial charge in [-0.05, 0) is 20.5 Å². The number of nitrogen functional groups attached to an aromatic ring is 1. The Kier molecular flexibility index (Phi) is 5.15. The molecule has 0 spiro atoms. The van der Waals surface area contributed by atoms with Gasteiger partial charge >= 0.3 is 0 Å². The Morgan fingerprint density at radius 2 is 1.88 bits per heavy atom. The van der Waals surface area contributed by atoms with E-state index in [1.807, 2.05) is 7.05 Å². The Hall–Kier alpha value is -1.36. The third-order valence-electron chi connectivity index (χ3n) is 2.70. The number of nitrogens with zero attached hydrogens (tertiary/aromatic N) is 4. The van der Waals surface area contributed by atoms with Crippen LogP contribution in [-0.2, 0) is 6.42 Å². The van der Waals surface area contributed by atoms with Crippen molar-refractivity contribution in [1.82, 2.24) is 14.9 Å². The van der Waals surface area contributed by atoms with Gasteiger partial charge in [-0.3, -0.25) is 0 Å². The zero-order chi connectivity index (χ0) is 12.8. The predicted molar refractivity (Wildman–Crippen MR) is 72.3 cm³/mol. The normalized spacial score (nSPS) is 10.9. The van der Waals surface area contributed by atoms with Crippen LogP contribution in [-0.4, -0.2) is 49.1 Å². The quantitative estimate of drug-likeness (QED) is 0.800. The monoisotopic (exact) mass is 237 g/mol. The molecule has 0 amide bonds. The maximum atomic E-state index is 5.91. The first-order valence-electron chi connectivity index (χ1n) is 6.01. The third kappa shape index (κ3) is 3.85. The Morgan fingerprint density at radius 3 is 2.47 bits per heavy atom. The number of likely N-dealkylation sites (N-methyl/N-ethyl adjacent to an activating group) is 2. The fourth-order valence-corrected chi connectivity index (χ4v) is 1.69. The van der Waals surface area contributed by atoms with Crippen LogP contribution >= 0.6 is 0 Å². The van der Waals surface area contributed by atoms with Gasteiger partial charge in [-0.15, -0.1) is 0 Å². The largest absolute Gasteiger partial charge is 0.383 e. The van der Waals surface area contributed by atoms with Crippen molar-refractivity contribution < 1.29 is 0 Å². The molecule has 96 valence electrons. The summed E-state index contributed by atoms with van der Waals surface area (Å²) in [4.78, 5) is 12.7. The van der Waals surface area contributed by atoms with Crippen LogP contribution in [0.2, 0.25) is 0 Å². The van der Waals surface area contributed by atoms with Crippen LogP contribution in [0.3, 0.4) is 0 Å². The molecule has 0 saturated heterocycles. The fourth-order valence-electron chi connectivity index (χ4n) is 1.69. The summed E-state index contributed by atoms with van der Waals surface area (Å²) in [6.07, 6.45) is 3.51. The molecule has 0 unspecified atom stereocenters. The van der Waals surface area contributed by atoms with Crippen LogP contribution < -0.4 is 10.6 Å². The zero-order valence-electron chi connectivity index (χ0n) is 11.3. The molecule has 5 heteroatoms. The van der Waals surface area contributed by atoms with Crippen LogP contribution in [0.5, 0.6) is 0 Å². The minimum atomic E-state index is 0.605. The molecule has 1 aromatic rings. The SMILES string of the molecule is CCCc1c(N)ncnc1N(C)CCN(C)C. The van der Waals surface area contributed by atoms with E-state index in [2.05, 4.69) is 40.8 Å². The van der Waals surface area contributed by atoms with Crippen molar-refractivity contribution in [1.29, 1.82) is 0 Å². The highest BCUT2D eigenvalue weighted by atomic mass is 15.2. The zero-order valence-corrected chi connectivity index (χ0v) is 11.3. The van der Waals surface area contributed by atoms with Gasteiger partial charge in [0.15, 0.2) is 0 Å². The lowest BCUT2D eigenvalue weighted by molar-refractivity contribution is 0.416. The summed E-state index contributed by atoms with van der Waals surface area (Å²) in [5.41, 5.74) is 6.98. The number of anilines is 2. The van der Waals surface area contributed by atoms with Crippen molar-refractivity contribution in [3.8, 4) is 0 Å². The van der Waals surface area contributed by atoms with E-state index in [-0.39, 0.29) is 0 Å². The predicted octanol–water partition coefficient (Wildman–Crippen LogP) is 1.01. The second kappa shape index (κ2) is 6.39. The molecule has 0 aliphatic rings. The first-order chi connectivity index (χ1) is 8.06. The van der Waals surface area contributed by atoms with Gasteiger partial charge < -0.3 is 15.5 Å². The van der Waals surface area contributed by atoms with Gasteiger partial charge in [-0.2, -0.15) is 0 Å². The molecule has 1 aromatic heterocycles. The maximum absolute atomic E-state index is 5.91. The topological polar surface area (TPSA) is 58.3 Å². The highest BCUT2D eigenvalue weighted by molar-refractivity contribution is 5.56. The van der Waals surface area contributed by atoms with Crippen molar-refractivity contribution >= 4 is 11.6 Å². The Labute approximate surface area is 104 Å². The molecule has 17 heavy (non-hydrogen) atoms. The molecule has 0 saturated carbocycles. The molecule has 0 radical (unpaired) electrons. The van der Waals surface area contributed by atoms with Crippen molar-refractivity contribution in [2.24, 2.45) is 0 Å². The Morgan fingerprint density at radius 1 is 1.18 bits per heavy atom. The van der Waals surface area contributed by atoms with Gasteiger partial charge in [0, 0.05) is 25.7 Å². The molecular weight excluding hydrogens is 214 g/mol. The van der Waals surface area contributed by atoms with Gasteiger partial charge in [0.05, 0.1) is 0 Å².